The molecule has 0 aromatic heterocycles. The van der Waals surface area contributed by atoms with E-state index in [2.05, 4.69) is 0 Å². The Hall–Kier alpha value is -0.710. The number of alkyl halides is 1. The molecule has 1 aliphatic heterocycles. The molecule has 0 aliphatic carbocycles. The van der Waals surface area contributed by atoms with Crippen LogP contribution in [0.25, 0.3) is 0 Å². The average molecular weight is 135 g/mol. The molecule has 1 fully saturated rings. The molecule has 3 nitrogen and oxygen atoms in total. The van der Waals surface area contributed by atoms with Crippen LogP contribution in [0.5, 0.6) is 0 Å². The lowest BCUT2D eigenvalue weighted by molar-refractivity contribution is -0.143. The van der Waals surface area contributed by atoms with Crippen LogP contribution in [0, 0.1) is 6.17 Å². The maximum Gasteiger partial charge on any atom is 0.301 e. The van der Waals surface area contributed by atoms with Crippen LogP contribution in [-0.2, 0) is 4.79 Å². The molecular weight excluding hydrogens is 130 g/mol. The lowest BCUT2D eigenvalue weighted by Gasteiger charge is -2.03. The van der Waals surface area contributed by atoms with E-state index in [9.17, 15) is 13.7 Å². The van der Waals surface area contributed by atoms with Crippen molar-refractivity contribution in [2.45, 2.75) is 13.2 Å². The Morgan fingerprint density at radius 2 is 2.33 bits per heavy atom. The monoisotopic (exact) mass is 135 g/mol. The summed E-state index contributed by atoms with van der Waals surface area (Å²) in [5.41, 5.74) is 0. The molecule has 1 amide bonds. The quantitative estimate of drug-likeness (QED) is 0.377. The zero-order valence-corrected chi connectivity index (χ0v) is 4.69. The van der Waals surface area contributed by atoms with Gasteiger partial charge in [0.2, 0.25) is 6.30 Å². The van der Waals surface area contributed by atoms with Crippen molar-refractivity contribution in [3.63, 3.8) is 0 Å². The van der Waals surface area contributed by atoms with Crippen LogP contribution in [0.3, 0.4) is 0 Å². The number of nitrogens with one attached hydrogen (secondary N) is 1. The molecule has 0 spiro atoms. The molecule has 1 N–H and O–H groups in total. The number of carbonyl (C=O) groups excluding carboxylic acids is 1. The number of hydrogen-bond donors (Lipinski definition) is 1. The molecule has 0 bridgehead atoms. The minimum Gasteiger partial charge on any atom is -0.267 e. The number of nitrogens with zero attached hydrogens (tertiary/aromatic N) is 1. The second kappa shape index (κ2) is 1.91. The van der Waals surface area contributed by atoms with Crippen molar-refractivity contribution < 1.29 is 13.7 Å². The van der Waals surface area contributed by atoms with E-state index in [0.717, 1.165) is 0 Å². The van der Waals surface area contributed by atoms with Crippen LogP contribution in [0.4, 0.5) is 8.87 Å². The van der Waals surface area contributed by atoms with Gasteiger partial charge in [0.25, 0.3) is 0 Å². The summed E-state index contributed by atoms with van der Waals surface area (Å²) in [6.07, 6.45) is -2.01. The topological polar surface area (TPSA) is 32.3 Å². The largest absolute Gasteiger partial charge is 0.301 e. The highest BCUT2D eigenvalue weighted by Gasteiger charge is 2.38. The Bertz CT molecular complexity index is 141. The van der Waals surface area contributed by atoms with E-state index in [0.29, 0.717) is 0 Å². The van der Waals surface area contributed by atoms with Gasteiger partial charge in [-0.3, -0.25) is 10.1 Å². The fraction of sp³-hybridized carbons (Fsp3) is 0.500. The summed E-state index contributed by atoms with van der Waals surface area (Å²) in [5.74, 6) is -1.19. The fourth-order valence-corrected chi connectivity index (χ4v) is 0.567. The molecule has 1 saturated heterocycles. The van der Waals surface area contributed by atoms with Crippen molar-refractivity contribution in [3.05, 3.63) is 6.17 Å². The Morgan fingerprint density at radius 1 is 1.78 bits per heavy atom. The third-order valence-electron chi connectivity index (χ3n) is 1.04. The van der Waals surface area contributed by atoms with Gasteiger partial charge in [0.1, 0.15) is 0 Å². The summed E-state index contributed by atoms with van der Waals surface area (Å²) in [5, 5.41) is 1.72. The molecule has 5 heteroatoms. The first-order chi connectivity index (χ1) is 4.13. The molecule has 1 heterocycles. The molecule has 0 aromatic rings. The van der Waals surface area contributed by atoms with Crippen molar-refractivity contribution in [1.29, 1.82) is 0 Å². The summed E-state index contributed by atoms with van der Waals surface area (Å²) in [6.45, 7) is 1.28. The van der Waals surface area contributed by atoms with E-state index in [4.69, 9.17) is 0 Å². The van der Waals surface area contributed by atoms with Gasteiger partial charge in [-0.25, -0.2) is 4.39 Å². The third kappa shape index (κ3) is 0.873. The summed E-state index contributed by atoms with van der Waals surface area (Å²) in [7, 11) is 0. The van der Waals surface area contributed by atoms with Gasteiger partial charge >= 0.3 is 5.91 Å². The number of halogens is 2. The highest BCUT2D eigenvalue weighted by molar-refractivity contribution is 5.82. The first kappa shape index (κ1) is 6.41. The van der Waals surface area contributed by atoms with Crippen LogP contribution in [0.15, 0.2) is 0 Å². The molecule has 0 saturated carbocycles. The van der Waals surface area contributed by atoms with Gasteiger partial charge in [-0.1, -0.05) is 4.48 Å². The van der Waals surface area contributed by atoms with Crippen molar-refractivity contribution in [2.75, 3.05) is 0 Å². The van der Waals surface area contributed by atoms with Crippen LogP contribution in [-0.4, -0.2) is 17.3 Å². The second-order valence-corrected chi connectivity index (χ2v) is 1.71. The fourth-order valence-electron chi connectivity index (χ4n) is 0.567. The first-order valence-electron chi connectivity index (χ1n) is 2.37. The summed E-state index contributed by atoms with van der Waals surface area (Å²) in [4.78, 5) is 10.2. The molecule has 0 aromatic carbocycles. The van der Waals surface area contributed by atoms with Crippen LogP contribution < -0.4 is 5.32 Å². The van der Waals surface area contributed by atoms with E-state index in [1.165, 1.54) is 6.92 Å². The van der Waals surface area contributed by atoms with Crippen molar-refractivity contribution in [3.8, 4) is 0 Å². The van der Waals surface area contributed by atoms with E-state index >= 15 is 0 Å². The lowest BCUT2D eigenvalue weighted by atomic mass is 10.6. The van der Waals surface area contributed by atoms with Gasteiger partial charge in [-0.2, -0.15) is 0 Å². The molecule has 51 valence electrons. The summed E-state index contributed by atoms with van der Waals surface area (Å²) >= 11 is 0. The van der Waals surface area contributed by atoms with E-state index in [-0.39, 0.29) is 11.3 Å². The summed E-state index contributed by atoms with van der Waals surface area (Å²) in [6, 6.07) is 0. The Kier molecular flexibility index (Phi) is 1.36. The highest BCUT2D eigenvalue weighted by Crippen LogP contribution is 2.16. The molecule has 1 unspecified atom stereocenters. The second-order valence-electron chi connectivity index (χ2n) is 1.71. The molecule has 1 atom stereocenters. The van der Waals surface area contributed by atoms with Gasteiger partial charge in [-0.05, 0) is 6.92 Å². The Balaban J connectivity index is 2.65. The molecule has 9 heavy (non-hydrogen) atoms. The average Bonchev–Trinajstić information content (AvgIpc) is 1.98. The molecular formula is C4H5F2N2O. The van der Waals surface area contributed by atoms with E-state index in [1.807, 2.05) is 5.32 Å². The van der Waals surface area contributed by atoms with Crippen molar-refractivity contribution in [1.82, 2.24) is 10.4 Å². The van der Waals surface area contributed by atoms with Crippen LogP contribution >= 0.6 is 0 Å². The molecule has 1 radical (unpaired) electrons. The van der Waals surface area contributed by atoms with Gasteiger partial charge in [0.15, 0.2) is 6.17 Å². The minimum atomic E-state index is -1.91. The third-order valence-corrected chi connectivity index (χ3v) is 1.04. The lowest BCUT2D eigenvalue weighted by Crippen LogP contribution is -2.22. The Labute approximate surface area is 50.6 Å². The highest BCUT2D eigenvalue weighted by atomic mass is 19.2. The van der Waals surface area contributed by atoms with Gasteiger partial charge in [-0.15, -0.1) is 5.12 Å². The predicted molar refractivity (Wildman–Crippen MR) is 24.9 cm³/mol. The summed E-state index contributed by atoms with van der Waals surface area (Å²) < 4.78 is 24.2. The predicted octanol–water partition coefficient (Wildman–Crippen LogP) is 0.108. The first-order valence-corrected chi connectivity index (χ1v) is 2.37. The number of rotatable bonds is 0. The van der Waals surface area contributed by atoms with Gasteiger partial charge in [0, 0.05) is 0 Å². The van der Waals surface area contributed by atoms with E-state index < -0.39 is 12.2 Å². The maximum atomic E-state index is 12.1. The minimum absolute atomic E-state index is 0.104. The Morgan fingerprint density at radius 3 is 2.44 bits per heavy atom. The molecule has 1 aliphatic rings. The normalized spacial score (nSPS) is 29.9. The van der Waals surface area contributed by atoms with E-state index in [1.54, 1.807) is 0 Å². The number of hydrogen-bond acceptors (Lipinski definition) is 2. The van der Waals surface area contributed by atoms with Crippen LogP contribution in [0.1, 0.15) is 6.92 Å². The van der Waals surface area contributed by atoms with Gasteiger partial charge in [0.05, 0.1) is 0 Å². The number of amides is 1. The standard InChI is InChI=1S/C4H5F2N2O/c1-2-7-3(5)4(9)8(2)6/h3,7H,1H3. The zero-order chi connectivity index (χ0) is 7.02. The maximum absolute atomic E-state index is 12.1. The van der Waals surface area contributed by atoms with Crippen molar-refractivity contribution in [2.24, 2.45) is 0 Å². The number of carbonyl (C=O) groups is 1. The van der Waals surface area contributed by atoms with Crippen molar-refractivity contribution >= 4 is 5.91 Å². The smallest absolute Gasteiger partial charge is 0.267 e. The molecule has 1 rings (SSSR count). The SMILES string of the molecule is C[C]1NC(F)C(=O)N1F. The van der Waals surface area contributed by atoms with Crippen LogP contribution in [0.2, 0.25) is 0 Å². The van der Waals surface area contributed by atoms with Gasteiger partial charge < -0.3 is 0 Å². The zero-order valence-electron chi connectivity index (χ0n) is 4.69.